The van der Waals surface area contributed by atoms with Gasteiger partial charge in [-0.25, -0.2) is 0 Å². The Morgan fingerprint density at radius 1 is 1.39 bits per heavy atom. The van der Waals surface area contributed by atoms with Crippen LogP contribution in [0.3, 0.4) is 0 Å². The molecule has 100 valence electrons. The van der Waals surface area contributed by atoms with Gasteiger partial charge >= 0.3 is 0 Å². The highest BCUT2D eigenvalue weighted by Crippen LogP contribution is 2.31. The van der Waals surface area contributed by atoms with E-state index in [4.69, 9.17) is 4.74 Å². The summed E-state index contributed by atoms with van der Waals surface area (Å²) in [5.41, 5.74) is 1.33. The van der Waals surface area contributed by atoms with Crippen LogP contribution >= 0.6 is 0 Å². The monoisotopic (exact) mass is 248 g/mol. The Balaban J connectivity index is 1.92. The summed E-state index contributed by atoms with van der Waals surface area (Å²) in [5.74, 6) is 1.76. The van der Waals surface area contributed by atoms with Crippen molar-refractivity contribution >= 4 is 0 Å². The molecule has 18 heavy (non-hydrogen) atoms. The molecule has 0 aliphatic heterocycles. The van der Waals surface area contributed by atoms with Gasteiger partial charge in [-0.15, -0.1) is 0 Å². The SMILES string of the molecule is CNCC1CCC1N(C)Cc1cccc(OC)c1. The summed E-state index contributed by atoms with van der Waals surface area (Å²) in [4.78, 5) is 2.47. The summed E-state index contributed by atoms with van der Waals surface area (Å²) in [6.07, 6.45) is 2.68. The number of hydrogen-bond acceptors (Lipinski definition) is 3. The van der Waals surface area contributed by atoms with E-state index in [0.717, 1.165) is 30.8 Å². The number of methoxy groups -OCH3 is 1. The zero-order valence-electron chi connectivity index (χ0n) is 11.6. The van der Waals surface area contributed by atoms with Gasteiger partial charge in [-0.05, 0) is 57.1 Å². The van der Waals surface area contributed by atoms with Crippen LogP contribution in [0, 0.1) is 5.92 Å². The molecule has 2 unspecified atom stereocenters. The Labute approximate surface area is 110 Å². The highest BCUT2D eigenvalue weighted by atomic mass is 16.5. The van der Waals surface area contributed by atoms with E-state index in [9.17, 15) is 0 Å². The van der Waals surface area contributed by atoms with Crippen molar-refractivity contribution in [3.63, 3.8) is 0 Å². The molecule has 0 spiro atoms. The first kappa shape index (κ1) is 13.4. The number of hydrogen-bond donors (Lipinski definition) is 1. The Bertz CT molecular complexity index is 381. The highest BCUT2D eigenvalue weighted by Gasteiger charge is 2.32. The standard InChI is InChI=1S/C15H24N2O/c1-16-10-13-7-8-15(13)17(2)11-12-5-4-6-14(9-12)18-3/h4-6,9,13,15-16H,7-8,10-11H2,1-3H3. The fraction of sp³-hybridized carbons (Fsp3) is 0.600. The smallest absolute Gasteiger partial charge is 0.119 e. The van der Waals surface area contributed by atoms with Crippen molar-refractivity contribution < 1.29 is 4.74 Å². The number of rotatable bonds is 6. The number of nitrogens with zero attached hydrogens (tertiary/aromatic N) is 1. The molecule has 1 saturated carbocycles. The maximum Gasteiger partial charge on any atom is 0.119 e. The third-order valence-electron chi connectivity index (χ3n) is 3.98. The molecule has 1 aliphatic carbocycles. The lowest BCUT2D eigenvalue weighted by atomic mass is 9.78. The number of nitrogens with one attached hydrogen (secondary N) is 1. The predicted octanol–water partition coefficient (Wildman–Crippen LogP) is 2.12. The molecular formula is C15H24N2O. The first-order valence-electron chi connectivity index (χ1n) is 6.72. The van der Waals surface area contributed by atoms with E-state index in [2.05, 4.69) is 35.5 Å². The van der Waals surface area contributed by atoms with Crippen LogP contribution in [0.4, 0.5) is 0 Å². The van der Waals surface area contributed by atoms with Gasteiger partial charge in [0.2, 0.25) is 0 Å². The van der Waals surface area contributed by atoms with Crippen molar-refractivity contribution in [1.82, 2.24) is 10.2 Å². The van der Waals surface area contributed by atoms with Crippen molar-refractivity contribution in [2.45, 2.75) is 25.4 Å². The zero-order chi connectivity index (χ0) is 13.0. The third kappa shape index (κ3) is 3.03. The molecule has 0 radical (unpaired) electrons. The summed E-state index contributed by atoms with van der Waals surface area (Å²) in [5, 5.41) is 3.29. The second-order valence-corrected chi connectivity index (χ2v) is 5.23. The van der Waals surface area contributed by atoms with Crippen LogP contribution in [0.15, 0.2) is 24.3 Å². The van der Waals surface area contributed by atoms with Crippen LogP contribution < -0.4 is 10.1 Å². The molecule has 1 aromatic rings. The molecule has 1 N–H and O–H groups in total. The first-order valence-corrected chi connectivity index (χ1v) is 6.72. The van der Waals surface area contributed by atoms with Gasteiger partial charge in [0.15, 0.2) is 0 Å². The van der Waals surface area contributed by atoms with Gasteiger partial charge in [-0.3, -0.25) is 4.90 Å². The molecule has 1 fully saturated rings. The minimum atomic E-state index is 0.726. The van der Waals surface area contributed by atoms with Crippen molar-refractivity contribution in [2.24, 2.45) is 5.92 Å². The molecule has 0 saturated heterocycles. The largest absolute Gasteiger partial charge is 0.497 e. The van der Waals surface area contributed by atoms with Crippen molar-refractivity contribution in [1.29, 1.82) is 0 Å². The van der Waals surface area contributed by atoms with Crippen LogP contribution in [0.1, 0.15) is 18.4 Å². The quantitative estimate of drug-likeness (QED) is 0.834. The summed E-state index contributed by atoms with van der Waals surface area (Å²) < 4.78 is 5.27. The molecule has 0 aromatic heterocycles. The van der Waals surface area contributed by atoms with Gasteiger partial charge in [0.1, 0.15) is 5.75 Å². The Hall–Kier alpha value is -1.06. The first-order chi connectivity index (χ1) is 8.74. The minimum Gasteiger partial charge on any atom is -0.497 e. The van der Waals surface area contributed by atoms with Crippen molar-refractivity contribution in [3.8, 4) is 5.75 Å². The summed E-state index contributed by atoms with van der Waals surface area (Å²) in [6, 6.07) is 9.08. The van der Waals surface area contributed by atoms with Gasteiger partial charge in [0.05, 0.1) is 7.11 Å². The van der Waals surface area contributed by atoms with Crippen LogP contribution in [-0.2, 0) is 6.54 Å². The zero-order valence-corrected chi connectivity index (χ0v) is 11.6. The molecule has 2 rings (SSSR count). The van der Waals surface area contributed by atoms with Crippen LogP contribution in [0.2, 0.25) is 0 Å². The Morgan fingerprint density at radius 3 is 2.83 bits per heavy atom. The molecule has 0 heterocycles. The van der Waals surface area contributed by atoms with Crippen molar-refractivity contribution in [2.75, 3.05) is 27.7 Å². The van der Waals surface area contributed by atoms with E-state index in [0.29, 0.717) is 0 Å². The topological polar surface area (TPSA) is 24.5 Å². The van der Waals surface area contributed by atoms with Gasteiger partial charge in [0.25, 0.3) is 0 Å². The predicted molar refractivity (Wildman–Crippen MR) is 74.9 cm³/mol. The molecule has 0 amide bonds. The average Bonchev–Trinajstić information content (AvgIpc) is 2.34. The normalized spacial score (nSPS) is 22.9. The second-order valence-electron chi connectivity index (χ2n) is 5.23. The Kier molecular flexibility index (Phi) is 4.61. The molecule has 1 aromatic carbocycles. The number of ether oxygens (including phenoxy) is 1. The summed E-state index contributed by atoms with van der Waals surface area (Å²) in [6.45, 7) is 2.13. The van der Waals surface area contributed by atoms with E-state index in [1.165, 1.54) is 18.4 Å². The van der Waals surface area contributed by atoms with E-state index in [-0.39, 0.29) is 0 Å². The minimum absolute atomic E-state index is 0.726. The van der Waals surface area contributed by atoms with E-state index < -0.39 is 0 Å². The van der Waals surface area contributed by atoms with Gasteiger partial charge in [-0.1, -0.05) is 12.1 Å². The van der Waals surface area contributed by atoms with Gasteiger partial charge < -0.3 is 10.1 Å². The van der Waals surface area contributed by atoms with Crippen LogP contribution in [0.25, 0.3) is 0 Å². The van der Waals surface area contributed by atoms with E-state index >= 15 is 0 Å². The highest BCUT2D eigenvalue weighted by molar-refractivity contribution is 5.28. The number of benzene rings is 1. The summed E-state index contributed by atoms with van der Waals surface area (Å²) in [7, 11) is 5.99. The molecular weight excluding hydrogens is 224 g/mol. The lowest BCUT2D eigenvalue weighted by Gasteiger charge is -2.43. The maximum atomic E-state index is 5.27. The summed E-state index contributed by atoms with van der Waals surface area (Å²) >= 11 is 0. The maximum absolute atomic E-state index is 5.27. The lowest BCUT2D eigenvalue weighted by Crippen LogP contribution is -2.48. The molecule has 3 nitrogen and oxygen atoms in total. The third-order valence-corrected chi connectivity index (χ3v) is 3.98. The fourth-order valence-electron chi connectivity index (χ4n) is 2.81. The van der Waals surface area contributed by atoms with E-state index in [1.807, 2.05) is 13.1 Å². The van der Waals surface area contributed by atoms with Gasteiger partial charge in [0, 0.05) is 12.6 Å². The van der Waals surface area contributed by atoms with Gasteiger partial charge in [-0.2, -0.15) is 0 Å². The van der Waals surface area contributed by atoms with Crippen LogP contribution in [0.5, 0.6) is 5.75 Å². The fourth-order valence-corrected chi connectivity index (χ4v) is 2.81. The van der Waals surface area contributed by atoms with E-state index in [1.54, 1.807) is 7.11 Å². The molecule has 1 aliphatic rings. The van der Waals surface area contributed by atoms with Crippen molar-refractivity contribution in [3.05, 3.63) is 29.8 Å². The molecule has 3 heteroatoms. The Morgan fingerprint density at radius 2 is 2.22 bits per heavy atom. The average molecular weight is 248 g/mol. The van der Waals surface area contributed by atoms with Crippen LogP contribution in [-0.4, -0.2) is 38.7 Å². The second kappa shape index (κ2) is 6.21. The molecule has 2 atom stereocenters. The molecule has 0 bridgehead atoms. The lowest BCUT2D eigenvalue weighted by molar-refractivity contribution is 0.0793.